The highest BCUT2D eigenvalue weighted by atomic mass is 19.1. The fraction of sp³-hybridized carbons (Fsp3) is 0.200. The number of carbonyl (C=O) groups is 1. The molecule has 0 aliphatic carbocycles. The molecule has 0 atom stereocenters. The van der Waals surface area contributed by atoms with Crippen LogP contribution in [0, 0.1) is 18.3 Å². The van der Waals surface area contributed by atoms with Gasteiger partial charge in [-0.15, -0.1) is 12.3 Å². The summed E-state index contributed by atoms with van der Waals surface area (Å²) in [4.78, 5) is 14.6. The summed E-state index contributed by atoms with van der Waals surface area (Å²) in [5, 5.41) is 2.55. The smallest absolute Gasteiger partial charge is 0.251 e. The van der Waals surface area contributed by atoms with Crippen molar-refractivity contribution in [2.45, 2.75) is 6.42 Å². The Kier molecular flexibility index (Phi) is 3.62. The first-order valence-electron chi connectivity index (χ1n) is 4.07. The number of terminal acetylenes is 1. The zero-order valence-electron chi connectivity index (χ0n) is 7.46. The monoisotopic (exact) mass is 192 g/mol. The first kappa shape index (κ1) is 10.2. The van der Waals surface area contributed by atoms with Gasteiger partial charge in [-0.1, -0.05) is 0 Å². The Morgan fingerprint density at radius 2 is 2.50 bits per heavy atom. The molecule has 1 rings (SSSR count). The lowest BCUT2D eigenvalue weighted by atomic mass is 10.2. The molecule has 0 aromatic carbocycles. The van der Waals surface area contributed by atoms with Crippen LogP contribution < -0.4 is 5.32 Å². The number of rotatable bonds is 3. The van der Waals surface area contributed by atoms with Crippen LogP contribution in [-0.4, -0.2) is 17.4 Å². The van der Waals surface area contributed by atoms with E-state index in [4.69, 9.17) is 6.42 Å². The number of nitrogens with one attached hydrogen (secondary N) is 1. The van der Waals surface area contributed by atoms with Gasteiger partial charge >= 0.3 is 0 Å². The van der Waals surface area contributed by atoms with Crippen molar-refractivity contribution in [3.63, 3.8) is 0 Å². The number of nitrogens with zero attached hydrogens (tertiary/aromatic N) is 1. The van der Waals surface area contributed by atoms with E-state index in [9.17, 15) is 9.18 Å². The summed E-state index contributed by atoms with van der Waals surface area (Å²) in [5.74, 6) is 1.37. The van der Waals surface area contributed by atoms with Crippen LogP contribution in [0.5, 0.6) is 0 Å². The van der Waals surface area contributed by atoms with Crippen LogP contribution in [0.25, 0.3) is 0 Å². The zero-order valence-corrected chi connectivity index (χ0v) is 7.46. The fourth-order valence-corrected chi connectivity index (χ4v) is 0.894. The summed E-state index contributed by atoms with van der Waals surface area (Å²) in [6.07, 6.45) is 6.71. The molecule has 0 saturated heterocycles. The Hall–Kier alpha value is -1.89. The van der Waals surface area contributed by atoms with E-state index >= 15 is 0 Å². The molecule has 0 saturated carbocycles. The van der Waals surface area contributed by atoms with Crippen LogP contribution in [0.4, 0.5) is 4.39 Å². The minimum atomic E-state index is -0.672. The van der Waals surface area contributed by atoms with Crippen molar-refractivity contribution in [1.29, 1.82) is 0 Å². The van der Waals surface area contributed by atoms with Crippen LogP contribution in [-0.2, 0) is 0 Å². The van der Waals surface area contributed by atoms with Gasteiger partial charge in [0.2, 0.25) is 5.95 Å². The van der Waals surface area contributed by atoms with Gasteiger partial charge in [0.05, 0.1) is 0 Å². The van der Waals surface area contributed by atoms with Gasteiger partial charge in [0.25, 0.3) is 5.91 Å². The Morgan fingerprint density at radius 1 is 1.71 bits per heavy atom. The Labute approximate surface area is 81.4 Å². The predicted molar refractivity (Wildman–Crippen MR) is 50.0 cm³/mol. The number of halogens is 1. The van der Waals surface area contributed by atoms with E-state index < -0.39 is 5.95 Å². The molecule has 0 bridgehead atoms. The van der Waals surface area contributed by atoms with Crippen LogP contribution in [0.3, 0.4) is 0 Å². The standard InChI is InChI=1S/C10H9FN2O/c1-2-3-5-13-10(14)8-4-6-12-9(11)7-8/h1,4,6-7H,3,5H2,(H,13,14). The molecular formula is C10H9FN2O. The van der Waals surface area contributed by atoms with E-state index in [1.54, 1.807) is 0 Å². The molecule has 1 N–H and O–H groups in total. The third kappa shape index (κ3) is 2.87. The summed E-state index contributed by atoms with van der Waals surface area (Å²) >= 11 is 0. The summed E-state index contributed by atoms with van der Waals surface area (Å²) in [6.45, 7) is 0.388. The maximum absolute atomic E-state index is 12.6. The second kappa shape index (κ2) is 4.97. The highest BCUT2D eigenvalue weighted by Gasteiger charge is 2.04. The normalized spacial score (nSPS) is 9.14. The van der Waals surface area contributed by atoms with Crippen molar-refractivity contribution in [2.75, 3.05) is 6.54 Å². The van der Waals surface area contributed by atoms with Gasteiger partial charge in [-0.05, 0) is 6.07 Å². The zero-order chi connectivity index (χ0) is 10.4. The fourth-order valence-electron chi connectivity index (χ4n) is 0.894. The second-order valence-corrected chi connectivity index (χ2v) is 2.58. The molecule has 0 fully saturated rings. The third-order valence-electron chi connectivity index (χ3n) is 1.54. The molecule has 14 heavy (non-hydrogen) atoms. The SMILES string of the molecule is C#CCCNC(=O)c1ccnc(F)c1. The van der Waals surface area contributed by atoms with Gasteiger partial charge < -0.3 is 5.32 Å². The number of carbonyl (C=O) groups excluding carboxylic acids is 1. The van der Waals surface area contributed by atoms with Gasteiger partial charge in [-0.25, -0.2) is 4.98 Å². The molecule has 4 heteroatoms. The van der Waals surface area contributed by atoms with E-state index in [1.165, 1.54) is 12.3 Å². The number of amides is 1. The van der Waals surface area contributed by atoms with Crippen LogP contribution in [0.2, 0.25) is 0 Å². The Morgan fingerprint density at radius 3 is 3.14 bits per heavy atom. The first-order chi connectivity index (χ1) is 6.74. The average Bonchev–Trinajstić information content (AvgIpc) is 2.18. The molecule has 0 aliphatic rings. The van der Waals surface area contributed by atoms with Crippen molar-refractivity contribution in [3.8, 4) is 12.3 Å². The van der Waals surface area contributed by atoms with Gasteiger partial charge in [0.15, 0.2) is 0 Å². The largest absolute Gasteiger partial charge is 0.351 e. The van der Waals surface area contributed by atoms with Crippen molar-refractivity contribution in [1.82, 2.24) is 10.3 Å². The van der Waals surface area contributed by atoms with Gasteiger partial charge in [-0.2, -0.15) is 4.39 Å². The molecule has 3 nitrogen and oxygen atoms in total. The van der Waals surface area contributed by atoms with E-state index in [1.807, 2.05) is 0 Å². The van der Waals surface area contributed by atoms with E-state index in [2.05, 4.69) is 16.2 Å². The van der Waals surface area contributed by atoms with Gasteiger partial charge in [0.1, 0.15) is 0 Å². The molecule has 1 heterocycles. The molecule has 1 amide bonds. The minimum Gasteiger partial charge on any atom is -0.351 e. The van der Waals surface area contributed by atoms with Crippen molar-refractivity contribution in [3.05, 3.63) is 29.8 Å². The maximum Gasteiger partial charge on any atom is 0.251 e. The van der Waals surface area contributed by atoms with E-state index in [0.717, 1.165) is 6.07 Å². The van der Waals surface area contributed by atoms with Crippen molar-refractivity contribution >= 4 is 5.91 Å². The van der Waals surface area contributed by atoms with E-state index in [-0.39, 0.29) is 11.5 Å². The number of aromatic nitrogens is 1. The summed E-state index contributed by atoms with van der Waals surface area (Å²) in [7, 11) is 0. The summed E-state index contributed by atoms with van der Waals surface area (Å²) < 4.78 is 12.6. The minimum absolute atomic E-state index is 0.245. The molecule has 0 radical (unpaired) electrons. The third-order valence-corrected chi connectivity index (χ3v) is 1.54. The molecule has 72 valence electrons. The Bertz CT molecular complexity index is 371. The molecule has 0 unspecified atom stereocenters. The number of hydrogen-bond donors (Lipinski definition) is 1. The Balaban J connectivity index is 2.57. The van der Waals surface area contributed by atoms with Gasteiger partial charge in [-0.3, -0.25) is 4.79 Å². The van der Waals surface area contributed by atoms with E-state index in [0.29, 0.717) is 13.0 Å². The molecule has 0 aliphatic heterocycles. The summed E-state index contributed by atoms with van der Waals surface area (Å²) in [5.41, 5.74) is 0.245. The van der Waals surface area contributed by atoms with Crippen LogP contribution in [0.1, 0.15) is 16.8 Å². The first-order valence-corrected chi connectivity index (χ1v) is 4.07. The highest BCUT2D eigenvalue weighted by molar-refractivity contribution is 5.93. The molecular weight excluding hydrogens is 183 g/mol. The molecule has 1 aromatic rings. The number of hydrogen-bond acceptors (Lipinski definition) is 2. The quantitative estimate of drug-likeness (QED) is 0.440. The molecule has 0 spiro atoms. The lowest BCUT2D eigenvalue weighted by Crippen LogP contribution is -2.24. The van der Waals surface area contributed by atoms with Crippen LogP contribution >= 0.6 is 0 Å². The predicted octanol–water partition coefficient (Wildman–Crippen LogP) is 0.974. The van der Waals surface area contributed by atoms with Gasteiger partial charge in [0, 0.05) is 30.8 Å². The number of pyridine rings is 1. The second-order valence-electron chi connectivity index (χ2n) is 2.58. The lowest BCUT2D eigenvalue weighted by Gasteiger charge is -2.01. The average molecular weight is 192 g/mol. The lowest BCUT2D eigenvalue weighted by molar-refractivity contribution is 0.0954. The van der Waals surface area contributed by atoms with Crippen molar-refractivity contribution < 1.29 is 9.18 Å². The highest BCUT2D eigenvalue weighted by Crippen LogP contribution is 1.99. The summed E-state index contributed by atoms with van der Waals surface area (Å²) in [6, 6.07) is 2.51. The molecule has 1 aromatic heterocycles. The van der Waals surface area contributed by atoms with Crippen molar-refractivity contribution in [2.24, 2.45) is 0 Å². The topological polar surface area (TPSA) is 42.0 Å². The maximum atomic E-state index is 12.6. The van der Waals surface area contributed by atoms with Crippen LogP contribution in [0.15, 0.2) is 18.3 Å².